The highest BCUT2D eigenvalue weighted by Crippen LogP contribution is 2.32. The Morgan fingerprint density at radius 2 is 1.92 bits per heavy atom. The summed E-state index contributed by atoms with van der Waals surface area (Å²) >= 11 is 5.89. The molecule has 1 saturated heterocycles. The van der Waals surface area contributed by atoms with E-state index in [2.05, 4.69) is 20.3 Å². The van der Waals surface area contributed by atoms with Crippen LogP contribution in [0.2, 0.25) is 5.02 Å². The van der Waals surface area contributed by atoms with E-state index in [4.69, 9.17) is 16.3 Å². The van der Waals surface area contributed by atoms with Crippen LogP contribution in [0, 0.1) is 5.82 Å². The highest BCUT2D eigenvalue weighted by atomic mass is 35.5. The second-order valence-electron chi connectivity index (χ2n) is 8.02. The SMILES string of the molecule is CCOC(=O)c1cncc(-c2cnc(Nc3ccc(F)c(Cl)c3)nc2N2CCN(S(C)(=O)=O)CC2)c1. The average molecular weight is 535 g/mol. The summed E-state index contributed by atoms with van der Waals surface area (Å²) in [7, 11) is -3.31. The molecule has 1 fully saturated rings. The molecule has 0 saturated carbocycles. The van der Waals surface area contributed by atoms with E-state index in [1.165, 1.54) is 35.0 Å². The fourth-order valence-corrected chi connectivity index (χ4v) is 4.73. The molecule has 0 bridgehead atoms. The summed E-state index contributed by atoms with van der Waals surface area (Å²) in [5.74, 6) is -0.285. The normalized spacial score (nSPS) is 14.5. The molecule has 0 amide bonds. The molecule has 0 aliphatic carbocycles. The first-order valence-corrected chi connectivity index (χ1v) is 13.3. The predicted octanol–water partition coefficient (Wildman–Crippen LogP) is 3.33. The molecule has 0 atom stereocenters. The number of hydrogen-bond acceptors (Lipinski definition) is 9. The van der Waals surface area contributed by atoms with Crippen molar-refractivity contribution in [2.45, 2.75) is 6.92 Å². The molecule has 190 valence electrons. The Kier molecular flexibility index (Phi) is 7.67. The van der Waals surface area contributed by atoms with Crippen LogP contribution < -0.4 is 10.2 Å². The van der Waals surface area contributed by atoms with E-state index in [9.17, 15) is 17.6 Å². The predicted molar refractivity (Wildman–Crippen MR) is 135 cm³/mol. The van der Waals surface area contributed by atoms with Crippen molar-refractivity contribution in [3.8, 4) is 11.1 Å². The van der Waals surface area contributed by atoms with Gasteiger partial charge >= 0.3 is 5.97 Å². The van der Waals surface area contributed by atoms with Crippen LogP contribution in [0.5, 0.6) is 0 Å². The molecule has 3 heterocycles. The van der Waals surface area contributed by atoms with Crippen molar-refractivity contribution in [2.24, 2.45) is 0 Å². The van der Waals surface area contributed by atoms with Gasteiger partial charge in [0.1, 0.15) is 11.6 Å². The zero-order valence-electron chi connectivity index (χ0n) is 19.6. The summed E-state index contributed by atoms with van der Waals surface area (Å²) in [6.45, 7) is 3.32. The van der Waals surface area contributed by atoms with Crippen molar-refractivity contribution in [1.29, 1.82) is 0 Å². The van der Waals surface area contributed by atoms with E-state index < -0.39 is 21.8 Å². The molecule has 10 nitrogen and oxygen atoms in total. The third-order valence-electron chi connectivity index (χ3n) is 5.51. The van der Waals surface area contributed by atoms with E-state index in [1.54, 1.807) is 25.4 Å². The van der Waals surface area contributed by atoms with E-state index in [0.717, 1.165) is 0 Å². The molecule has 1 aliphatic rings. The maximum absolute atomic E-state index is 13.6. The van der Waals surface area contributed by atoms with Crippen molar-refractivity contribution in [2.75, 3.05) is 49.3 Å². The summed E-state index contributed by atoms with van der Waals surface area (Å²) < 4.78 is 44.0. The topological polar surface area (TPSA) is 118 Å². The summed E-state index contributed by atoms with van der Waals surface area (Å²) in [5, 5.41) is 2.97. The van der Waals surface area contributed by atoms with Gasteiger partial charge in [0.15, 0.2) is 0 Å². The average Bonchev–Trinajstić information content (AvgIpc) is 2.86. The molecule has 0 unspecified atom stereocenters. The summed E-state index contributed by atoms with van der Waals surface area (Å²) in [6.07, 6.45) is 5.78. The lowest BCUT2D eigenvalue weighted by Crippen LogP contribution is -2.48. The Hall–Kier alpha value is -3.35. The minimum atomic E-state index is -3.31. The van der Waals surface area contributed by atoms with Crippen LogP contribution in [0.1, 0.15) is 17.3 Å². The zero-order valence-corrected chi connectivity index (χ0v) is 21.2. The summed E-state index contributed by atoms with van der Waals surface area (Å²) in [5.41, 5.74) is 1.97. The number of nitrogens with one attached hydrogen (secondary N) is 1. The maximum atomic E-state index is 13.6. The molecule has 13 heteroatoms. The molecular weight excluding hydrogens is 511 g/mol. The Labute approximate surface area is 213 Å². The van der Waals surface area contributed by atoms with Gasteiger partial charge < -0.3 is 15.0 Å². The smallest absolute Gasteiger partial charge is 0.339 e. The number of aromatic nitrogens is 3. The van der Waals surface area contributed by atoms with Gasteiger partial charge in [-0.25, -0.2) is 22.6 Å². The monoisotopic (exact) mass is 534 g/mol. The highest BCUT2D eigenvalue weighted by Gasteiger charge is 2.26. The van der Waals surface area contributed by atoms with Crippen molar-refractivity contribution >= 4 is 45.0 Å². The van der Waals surface area contributed by atoms with Crippen LogP contribution in [0.25, 0.3) is 11.1 Å². The number of pyridine rings is 1. The van der Waals surface area contributed by atoms with Crippen LogP contribution in [-0.2, 0) is 14.8 Å². The van der Waals surface area contributed by atoms with Gasteiger partial charge in [-0.2, -0.15) is 9.29 Å². The standard InChI is InChI=1S/C23H24ClFN6O4S/c1-3-35-22(32)16-10-15(12-26-13-16)18-14-27-23(28-17-4-5-20(25)19(24)11-17)29-21(18)30-6-8-31(9-7-30)36(2,33)34/h4-5,10-14H,3,6-9H2,1-2H3,(H,27,28,29). The number of piperazine rings is 1. The van der Waals surface area contributed by atoms with Gasteiger partial charge in [0.2, 0.25) is 16.0 Å². The number of esters is 1. The number of hydrogen-bond donors (Lipinski definition) is 1. The van der Waals surface area contributed by atoms with Gasteiger partial charge in [0, 0.05) is 61.6 Å². The molecule has 2 aromatic heterocycles. The first-order chi connectivity index (χ1) is 17.2. The van der Waals surface area contributed by atoms with Gasteiger partial charge in [-0.05, 0) is 31.2 Å². The molecule has 0 radical (unpaired) electrons. The maximum Gasteiger partial charge on any atom is 0.339 e. The summed E-state index contributed by atoms with van der Waals surface area (Å²) in [4.78, 5) is 27.4. The highest BCUT2D eigenvalue weighted by molar-refractivity contribution is 7.88. The lowest BCUT2D eigenvalue weighted by molar-refractivity contribution is 0.0526. The third kappa shape index (κ3) is 5.89. The quantitative estimate of drug-likeness (QED) is 0.455. The van der Waals surface area contributed by atoms with Crippen LogP contribution >= 0.6 is 11.6 Å². The molecule has 4 rings (SSSR count). The van der Waals surface area contributed by atoms with E-state index in [1.807, 2.05) is 4.90 Å². The number of halogens is 2. The molecule has 3 aromatic rings. The number of nitrogens with zero attached hydrogens (tertiary/aromatic N) is 5. The number of rotatable bonds is 7. The van der Waals surface area contributed by atoms with Crippen LogP contribution in [-0.4, -0.2) is 72.7 Å². The van der Waals surface area contributed by atoms with Gasteiger partial charge in [-0.1, -0.05) is 11.6 Å². The van der Waals surface area contributed by atoms with Gasteiger partial charge in [-0.3, -0.25) is 4.98 Å². The van der Waals surface area contributed by atoms with Crippen molar-refractivity contribution in [3.05, 3.63) is 59.3 Å². The minimum Gasteiger partial charge on any atom is -0.462 e. The van der Waals surface area contributed by atoms with Crippen molar-refractivity contribution in [1.82, 2.24) is 19.3 Å². The molecule has 1 N–H and O–H groups in total. The van der Waals surface area contributed by atoms with Crippen LogP contribution in [0.3, 0.4) is 0 Å². The Balaban J connectivity index is 1.71. The fourth-order valence-electron chi connectivity index (χ4n) is 3.73. The van der Waals surface area contributed by atoms with Gasteiger partial charge in [0.25, 0.3) is 0 Å². The van der Waals surface area contributed by atoms with E-state index in [-0.39, 0.29) is 23.1 Å². The second kappa shape index (κ2) is 10.7. The lowest BCUT2D eigenvalue weighted by atomic mass is 10.1. The van der Waals surface area contributed by atoms with Crippen LogP contribution in [0.15, 0.2) is 42.9 Å². The number of sulfonamides is 1. The van der Waals surface area contributed by atoms with Gasteiger partial charge in [0.05, 0.1) is 23.4 Å². The fraction of sp³-hybridized carbons (Fsp3) is 0.304. The largest absolute Gasteiger partial charge is 0.462 e. The number of carbonyl (C=O) groups is 1. The first-order valence-electron chi connectivity index (χ1n) is 11.1. The Morgan fingerprint density at radius 3 is 2.58 bits per heavy atom. The Morgan fingerprint density at radius 1 is 1.17 bits per heavy atom. The number of carbonyl (C=O) groups excluding carboxylic acids is 1. The van der Waals surface area contributed by atoms with Crippen LogP contribution in [0.4, 0.5) is 21.8 Å². The Bertz CT molecular complexity index is 1380. The van der Waals surface area contributed by atoms with E-state index in [0.29, 0.717) is 48.8 Å². The summed E-state index contributed by atoms with van der Waals surface area (Å²) in [6, 6.07) is 5.81. The second-order valence-corrected chi connectivity index (χ2v) is 10.4. The van der Waals surface area contributed by atoms with E-state index >= 15 is 0 Å². The first kappa shape index (κ1) is 25.7. The molecule has 0 spiro atoms. The zero-order chi connectivity index (χ0) is 25.9. The number of ether oxygens (including phenoxy) is 1. The van der Waals surface area contributed by atoms with Gasteiger partial charge in [-0.15, -0.1) is 0 Å². The van der Waals surface area contributed by atoms with Crippen molar-refractivity contribution < 1.29 is 22.3 Å². The molecule has 36 heavy (non-hydrogen) atoms. The number of anilines is 3. The number of benzene rings is 1. The minimum absolute atomic E-state index is 0.0457. The molecule has 1 aliphatic heterocycles. The third-order valence-corrected chi connectivity index (χ3v) is 7.10. The molecule has 1 aromatic carbocycles. The lowest BCUT2D eigenvalue weighted by Gasteiger charge is -2.35. The van der Waals surface area contributed by atoms with Crippen molar-refractivity contribution in [3.63, 3.8) is 0 Å². The molecular formula is C23H24ClFN6O4S.